The lowest BCUT2D eigenvalue weighted by Crippen LogP contribution is -2.37. The van der Waals surface area contributed by atoms with Crippen LogP contribution in [0.2, 0.25) is 0 Å². The van der Waals surface area contributed by atoms with E-state index in [0.717, 1.165) is 17.0 Å². The topological polar surface area (TPSA) is 68.0 Å². The highest BCUT2D eigenvalue weighted by Gasteiger charge is 2.26. The van der Waals surface area contributed by atoms with E-state index in [2.05, 4.69) is 17.2 Å². The molecule has 0 spiro atoms. The number of halogens is 1. The first-order valence-electron chi connectivity index (χ1n) is 5.38. The molecule has 1 rings (SSSR count). The predicted molar refractivity (Wildman–Crippen MR) is 74.9 cm³/mol. The quantitative estimate of drug-likeness (QED) is 0.888. The van der Waals surface area contributed by atoms with Crippen LogP contribution in [0.3, 0.4) is 0 Å². The standard InChI is InChI=1S/C11H19N3OS.ClH/c1-5-8-7(2)16-10(13-8)14-9(15)11(3,4)6-12;/h5-6,12H2,1-4H3,(H,13,14,15);1H. The largest absolute Gasteiger partial charge is 0.329 e. The van der Waals surface area contributed by atoms with Crippen LogP contribution in [0.25, 0.3) is 0 Å². The lowest BCUT2D eigenvalue weighted by Gasteiger charge is -2.19. The number of anilines is 1. The lowest BCUT2D eigenvalue weighted by atomic mass is 9.93. The molecule has 0 atom stereocenters. The Hall–Kier alpha value is -0.650. The number of carbonyl (C=O) groups is 1. The number of amides is 1. The second kappa shape index (κ2) is 6.33. The van der Waals surface area contributed by atoms with Crippen molar-refractivity contribution in [2.45, 2.75) is 34.1 Å². The van der Waals surface area contributed by atoms with Gasteiger partial charge in [-0.15, -0.1) is 23.7 Å². The molecule has 1 heterocycles. The second-order valence-corrected chi connectivity index (χ2v) is 5.62. The Morgan fingerprint density at radius 3 is 2.53 bits per heavy atom. The Morgan fingerprint density at radius 2 is 2.12 bits per heavy atom. The van der Waals surface area contributed by atoms with Crippen molar-refractivity contribution in [2.24, 2.45) is 11.1 Å². The summed E-state index contributed by atoms with van der Waals surface area (Å²) in [6.45, 7) is 8.04. The van der Waals surface area contributed by atoms with Gasteiger partial charge < -0.3 is 11.1 Å². The van der Waals surface area contributed by atoms with Crippen molar-refractivity contribution in [1.82, 2.24) is 4.98 Å². The fourth-order valence-corrected chi connectivity index (χ4v) is 2.07. The first kappa shape index (κ1) is 16.4. The fraction of sp³-hybridized carbons (Fsp3) is 0.636. The van der Waals surface area contributed by atoms with Gasteiger partial charge in [-0.25, -0.2) is 4.98 Å². The summed E-state index contributed by atoms with van der Waals surface area (Å²) in [5.74, 6) is -0.0774. The maximum Gasteiger partial charge on any atom is 0.233 e. The van der Waals surface area contributed by atoms with Crippen LogP contribution in [0.5, 0.6) is 0 Å². The van der Waals surface area contributed by atoms with Crippen LogP contribution in [0.4, 0.5) is 5.13 Å². The summed E-state index contributed by atoms with van der Waals surface area (Å²) in [6.07, 6.45) is 0.887. The first-order chi connectivity index (χ1) is 7.40. The van der Waals surface area contributed by atoms with Gasteiger partial charge in [0, 0.05) is 11.4 Å². The van der Waals surface area contributed by atoms with Gasteiger partial charge in [0.2, 0.25) is 5.91 Å². The van der Waals surface area contributed by atoms with Crippen molar-refractivity contribution in [3.63, 3.8) is 0 Å². The summed E-state index contributed by atoms with van der Waals surface area (Å²) in [7, 11) is 0. The molecule has 0 fully saturated rings. The highest BCUT2D eigenvalue weighted by Crippen LogP contribution is 2.24. The maximum atomic E-state index is 11.8. The van der Waals surface area contributed by atoms with Crippen LogP contribution in [0.15, 0.2) is 0 Å². The summed E-state index contributed by atoms with van der Waals surface area (Å²) < 4.78 is 0. The average Bonchev–Trinajstić information content (AvgIpc) is 2.58. The normalized spacial score (nSPS) is 10.9. The van der Waals surface area contributed by atoms with Gasteiger partial charge in [0.1, 0.15) is 0 Å². The Morgan fingerprint density at radius 1 is 1.53 bits per heavy atom. The summed E-state index contributed by atoms with van der Waals surface area (Å²) in [6, 6.07) is 0. The van der Waals surface area contributed by atoms with Gasteiger partial charge in [-0.05, 0) is 27.2 Å². The van der Waals surface area contributed by atoms with E-state index in [1.165, 1.54) is 11.3 Å². The Labute approximate surface area is 112 Å². The predicted octanol–water partition coefficient (Wildman–Crippen LogP) is 2.36. The molecule has 0 saturated heterocycles. The van der Waals surface area contributed by atoms with Crippen LogP contribution < -0.4 is 11.1 Å². The molecule has 0 aromatic carbocycles. The van der Waals surface area contributed by atoms with E-state index in [1.807, 2.05) is 20.8 Å². The van der Waals surface area contributed by atoms with Crippen molar-refractivity contribution >= 4 is 34.8 Å². The average molecular weight is 278 g/mol. The number of nitrogens with one attached hydrogen (secondary N) is 1. The van der Waals surface area contributed by atoms with E-state index in [1.54, 1.807) is 0 Å². The van der Waals surface area contributed by atoms with E-state index in [4.69, 9.17) is 5.73 Å². The third-order valence-corrected chi connectivity index (χ3v) is 3.50. The van der Waals surface area contributed by atoms with E-state index in [9.17, 15) is 4.79 Å². The SMILES string of the molecule is CCc1nc(NC(=O)C(C)(C)CN)sc1C.Cl. The van der Waals surface area contributed by atoms with Gasteiger partial charge in [-0.2, -0.15) is 0 Å². The molecule has 17 heavy (non-hydrogen) atoms. The molecule has 3 N–H and O–H groups in total. The van der Waals surface area contributed by atoms with Crippen LogP contribution >= 0.6 is 23.7 Å². The Balaban J connectivity index is 0.00000256. The molecular weight excluding hydrogens is 258 g/mol. The number of rotatable bonds is 4. The van der Waals surface area contributed by atoms with Gasteiger partial charge in [0.05, 0.1) is 11.1 Å². The van der Waals surface area contributed by atoms with E-state index >= 15 is 0 Å². The van der Waals surface area contributed by atoms with E-state index in [-0.39, 0.29) is 18.3 Å². The fourth-order valence-electron chi connectivity index (χ4n) is 1.17. The van der Waals surface area contributed by atoms with Gasteiger partial charge in [-0.3, -0.25) is 4.79 Å². The minimum atomic E-state index is -0.550. The maximum absolute atomic E-state index is 11.8. The van der Waals surface area contributed by atoms with Gasteiger partial charge in [0.25, 0.3) is 0 Å². The van der Waals surface area contributed by atoms with Crippen molar-refractivity contribution in [3.05, 3.63) is 10.6 Å². The zero-order valence-corrected chi connectivity index (χ0v) is 12.3. The van der Waals surface area contributed by atoms with Crippen molar-refractivity contribution < 1.29 is 4.79 Å². The molecule has 98 valence electrons. The van der Waals surface area contributed by atoms with Crippen molar-refractivity contribution in [2.75, 3.05) is 11.9 Å². The summed E-state index contributed by atoms with van der Waals surface area (Å²) >= 11 is 1.51. The molecule has 4 nitrogen and oxygen atoms in total. The third-order valence-electron chi connectivity index (χ3n) is 2.57. The molecule has 0 aliphatic carbocycles. The molecule has 1 aromatic rings. The van der Waals surface area contributed by atoms with Crippen LogP contribution in [-0.2, 0) is 11.2 Å². The summed E-state index contributed by atoms with van der Waals surface area (Å²) in [4.78, 5) is 17.4. The van der Waals surface area contributed by atoms with Crippen LogP contribution in [0, 0.1) is 12.3 Å². The summed E-state index contributed by atoms with van der Waals surface area (Å²) in [5.41, 5.74) is 6.04. The zero-order valence-electron chi connectivity index (χ0n) is 10.7. The number of nitrogens with two attached hydrogens (primary N) is 1. The monoisotopic (exact) mass is 277 g/mol. The zero-order chi connectivity index (χ0) is 12.3. The summed E-state index contributed by atoms with van der Waals surface area (Å²) in [5, 5.41) is 3.48. The van der Waals surface area contributed by atoms with Gasteiger partial charge >= 0.3 is 0 Å². The molecule has 0 radical (unpaired) electrons. The number of aromatic nitrogens is 1. The number of nitrogens with zero attached hydrogens (tertiary/aromatic N) is 1. The van der Waals surface area contributed by atoms with Crippen LogP contribution in [-0.4, -0.2) is 17.4 Å². The molecule has 0 aliphatic heterocycles. The van der Waals surface area contributed by atoms with Crippen molar-refractivity contribution in [1.29, 1.82) is 0 Å². The van der Waals surface area contributed by atoms with Gasteiger partial charge in [-0.1, -0.05) is 6.92 Å². The first-order valence-corrected chi connectivity index (χ1v) is 6.20. The molecule has 1 aromatic heterocycles. The van der Waals surface area contributed by atoms with Gasteiger partial charge in [0.15, 0.2) is 5.13 Å². The minimum Gasteiger partial charge on any atom is -0.329 e. The minimum absolute atomic E-state index is 0. The molecule has 0 aliphatic rings. The van der Waals surface area contributed by atoms with E-state index in [0.29, 0.717) is 11.7 Å². The smallest absolute Gasteiger partial charge is 0.233 e. The van der Waals surface area contributed by atoms with Crippen LogP contribution in [0.1, 0.15) is 31.3 Å². The molecule has 6 heteroatoms. The highest BCUT2D eigenvalue weighted by molar-refractivity contribution is 7.15. The molecule has 0 saturated carbocycles. The van der Waals surface area contributed by atoms with Crippen molar-refractivity contribution in [3.8, 4) is 0 Å². The number of hydrogen-bond acceptors (Lipinski definition) is 4. The second-order valence-electron chi connectivity index (χ2n) is 4.42. The Bertz CT molecular complexity index is 390. The number of carbonyl (C=O) groups excluding carboxylic acids is 1. The molecule has 0 bridgehead atoms. The molecule has 0 unspecified atom stereocenters. The number of hydrogen-bond donors (Lipinski definition) is 2. The molecular formula is C11H20ClN3OS. The Kier molecular flexibility index (Phi) is 6.09. The van der Waals surface area contributed by atoms with E-state index < -0.39 is 5.41 Å². The number of thiazole rings is 1. The lowest BCUT2D eigenvalue weighted by molar-refractivity contribution is -0.123. The number of aryl methyl sites for hydroxylation is 2. The molecule has 1 amide bonds. The third kappa shape index (κ3) is 3.94. The highest BCUT2D eigenvalue weighted by atomic mass is 35.5.